The van der Waals surface area contributed by atoms with Crippen LogP contribution in [0.15, 0.2) is 77.6 Å². The van der Waals surface area contributed by atoms with E-state index in [-0.39, 0.29) is 11.7 Å². The SMILES string of the molecule is Cn1ccnc1C(NC(=O)c1cc(C2CC2)nc2onc(-c3ccccc3)c12)c1cccc(F)c1. The number of rotatable bonds is 6. The van der Waals surface area contributed by atoms with E-state index in [0.29, 0.717) is 39.7 Å². The van der Waals surface area contributed by atoms with Gasteiger partial charge < -0.3 is 14.4 Å². The minimum absolute atomic E-state index is 0.310. The summed E-state index contributed by atoms with van der Waals surface area (Å²) in [5.74, 6) is 0.177. The maximum atomic E-state index is 14.1. The standard InChI is InChI=1S/C27H22FN5O2/c1-33-13-12-29-25(33)24(18-8-5-9-19(28)14-18)31-26(34)20-15-21(16-10-11-16)30-27-22(20)23(32-35-27)17-6-3-2-4-7-17/h2-9,12-16,24H,10-11H2,1H3,(H,31,34). The van der Waals surface area contributed by atoms with Crippen LogP contribution in [0.5, 0.6) is 0 Å². The monoisotopic (exact) mass is 467 g/mol. The predicted octanol–water partition coefficient (Wildman–Crippen LogP) is 5.16. The zero-order valence-electron chi connectivity index (χ0n) is 19.0. The van der Waals surface area contributed by atoms with Gasteiger partial charge in [-0.25, -0.2) is 14.4 Å². The lowest BCUT2D eigenvalue weighted by atomic mass is 10.0. The molecule has 8 heteroatoms. The van der Waals surface area contributed by atoms with Crippen LogP contribution in [0.25, 0.3) is 22.4 Å². The lowest BCUT2D eigenvalue weighted by molar-refractivity contribution is 0.0942. The van der Waals surface area contributed by atoms with Crippen molar-refractivity contribution in [2.75, 3.05) is 0 Å². The molecule has 1 N–H and O–H groups in total. The molecule has 0 spiro atoms. The summed E-state index contributed by atoms with van der Waals surface area (Å²) in [6, 6.07) is 16.9. The Hall–Kier alpha value is -4.33. The summed E-state index contributed by atoms with van der Waals surface area (Å²) in [7, 11) is 1.84. The van der Waals surface area contributed by atoms with E-state index in [0.717, 1.165) is 24.1 Å². The van der Waals surface area contributed by atoms with Gasteiger partial charge in [-0.2, -0.15) is 0 Å². The molecular formula is C27H22FN5O2. The van der Waals surface area contributed by atoms with E-state index in [2.05, 4.69) is 20.4 Å². The number of imidazole rings is 1. The molecule has 35 heavy (non-hydrogen) atoms. The fourth-order valence-corrected chi connectivity index (χ4v) is 4.38. The number of aromatic nitrogens is 4. The molecule has 1 aliphatic carbocycles. The average molecular weight is 468 g/mol. The van der Waals surface area contributed by atoms with Crippen LogP contribution >= 0.6 is 0 Å². The van der Waals surface area contributed by atoms with Crippen molar-refractivity contribution in [3.05, 3.63) is 102 Å². The van der Waals surface area contributed by atoms with Gasteiger partial charge in [-0.05, 0) is 36.6 Å². The van der Waals surface area contributed by atoms with E-state index in [1.54, 1.807) is 24.5 Å². The van der Waals surface area contributed by atoms with E-state index >= 15 is 0 Å². The number of nitrogens with zero attached hydrogens (tertiary/aromatic N) is 4. The number of hydrogen-bond acceptors (Lipinski definition) is 5. The number of hydrogen-bond donors (Lipinski definition) is 1. The van der Waals surface area contributed by atoms with Crippen LogP contribution in [0.1, 0.15) is 52.2 Å². The van der Waals surface area contributed by atoms with Gasteiger partial charge in [-0.15, -0.1) is 0 Å². The van der Waals surface area contributed by atoms with Gasteiger partial charge in [0.15, 0.2) is 0 Å². The second-order valence-electron chi connectivity index (χ2n) is 8.80. The quantitative estimate of drug-likeness (QED) is 0.373. The van der Waals surface area contributed by atoms with E-state index < -0.39 is 6.04 Å². The molecule has 1 amide bonds. The lowest BCUT2D eigenvalue weighted by Gasteiger charge is -2.20. The lowest BCUT2D eigenvalue weighted by Crippen LogP contribution is -2.31. The molecule has 6 rings (SSSR count). The fraction of sp³-hybridized carbons (Fsp3) is 0.185. The second-order valence-corrected chi connectivity index (χ2v) is 8.80. The average Bonchev–Trinajstić information content (AvgIpc) is 3.51. The fourth-order valence-electron chi connectivity index (χ4n) is 4.38. The zero-order valence-corrected chi connectivity index (χ0v) is 19.0. The number of fused-ring (bicyclic) bond motifs is 1. The van der Waals surface area contributed by atoms with Crippen LogP contribution < -0.4 is 5.32 Å². The van der Waals surface area contributed by atoms with Crippen LogP contribution in [0.4, 0.5) is 4.39 Å². The molecule has 1 fully saturated rings. The van der Waals surface area contributed by atoms with E-state index in [1.165, 1.54) is 12.1 Å². The third-order valence-electron chi connectivity index (χ3n) is 6.33. The molecule has 7 nitrogen and oxygen atoms in total. The van der Waals surface area contributed by atoms with E-state index in [9.17, 15) is 9.18 Å². The normalized spacial score (nSPS) is 14.2. The minimum Gasteiger partial charge on any atom is -0.338 e. The first-order valence-corrected chi connectivity index (χ1v) is 11.5. The molecule has 0 saturated heterocycles. The van der Waals surface area contributed by atoms with Crippen molar-refractivity contribution in [1.29, 1.82) is 0 Å². The van der Waals surface area contributed by atoms with Gasteiger partial charge in [0.05, 0.1) is 10.9 Å². The van der Waals surface area contributed by atoms with Crippen LogP contribution in [0.3, 0.4) is 0 Å². The third-order valence-corrected chi connectivity index (χ3v) is 6.33. The Bertz CT molecular complexity index is 1540. The largest absolute Gasteiger partial charge is 0.338 e. The molecule has 2 aromatic carbocycles. The number of aryl methyl sites for hydroxylation is 1. The smallest absolute Gasteiger partial charge is 0.259 e. The number of amides is 1. The van der Waals surface area contributed by atoms with Crippen LogP contribution in [-0.4, -0.2) is 25.6 Å². The highest BCUT2D eigenvalue weighted by molar-refractivity contribution is 6.09. The number of benzene rings is 2. The van der Waals surface area contributed by atoms with Crippen molar-refractivity contribution in [2.45, 2.75) is 24.8 Å². The molecule has 1 unspecified atom stereocenters. The summed E-state index contributed by atoms with van der Waals surface area (Å²) in [5.41, 5.74) is 3.55. The zero-order chi connectivity index (χ0) is 23.9. The molecule has 3 heterocycles. The van der Waals surface area contributed by atoms with Crippen LogP contribution in [0, 0.1) is 5.82 Å². The Morgan fingerprint density at radius 1 is 1.14 bits per heavy atom. The summed E-state index contributed by atoms with van der Waals surface area (Å²) >= 11 is 0. The number of pyridine rings is 1. The minimum atomic E-state index is -0.661. The van der Waals surface area contributed by atoms with Gasteiger partial charge in [0.1, 0.15) is 23.4 Å². The molecule has 3 aromatic heterocycles. The maximum absolute atomic E-state index is 14.1. The Morgan fingerprint density at radius 2 is 1.97 bits per heavy atom. The van der Waals surface area contributed by atoms with Gasteiger partial charge in [-0.1, -0.05) is 47.6 Å². The van der Waals surface area contributed by atoms with Gasteiger partial charge in [0.25, 0.3) is 11.6 Å². The van der Waals surface area contributed by atoms with Crippen molar-refractivity contribution >= 4 is 17.0 Å². The number of carbonyl (C=O) groups is 1. The van der Waals surface area contributed by atoms with Crippen molar-refractivity contribution in [3.8, 4) is 11.3 Å². The Labute approximate surface area is 200 Å². The van der Waals surface area contributed by atoms with Crippen molar-refractivity contribution in [1.82, 2.24) is 25.0 Å². The Morgan fingerprint density at radius 3 is 2.69 bits per heavy atom. The number of carbonyl (C=O) groups excluding carboxylic acids is 1. The summed E-state index contributed by atoms with van der Waals surface area (Å²) in [6.45, 7) is 0. The summed E-state index contributed by atoms with van der Waals surface area (Å²) in [4.78, 5) is 23.0. The maximum Gasteiger partial charge on any atom is 0.259 e. The first kappa shape index (κ1) is 21.2. The molecule has 0 radical (unpaired) electrons. The van der Waals surface area contributed by atoms with Gasteiger partial charge in [0, 0.05) is 36.6 Å². The van der Waals surface area contributed by atoms with Gasteiger partial charge in [-0.3, -0.25) is 4.79 Å². The van der Waals surface area contributed by atoms with Crippen molar-refractivity contribution in [3.63, 3.8) is 0 Å². The number of nitrogens with one attached hydrogen (secondary N) is 1. The highest BCUT2D eigenvalue weighted by Gasteiger charge is 2.31. The third kappa shape index (κ3) is 3.97. The topological polar surface area (TPSA) is 85.8 Å². The second kappa shape index (κ2) is 8.47. The predicted molar refractivity (Wildman–Crippen MR) is 128 cm³/mol. The van der Waals surface area contributed by atoms with Crippen molar-refractivity contribution in [2.24, 2.45) is 7.05 Å². The molecule has 5 aromatic rings. The van der Waals surface area contributed by atoms with E-state index in [4.69, 9.17) is 4.52 Å². The van der Waals surface area contributed by atoms with E-state index in [1.807, 2.05) is 48.0 Å². The molecule has 174 valence electrons. The van der Waals surface area contributed by atoms with Crippen LogP contribution in [-0.2, 0) is 7.05 Å². The first-order valence-electron chi connectivity index (χ1n) is 11.5. The molecule has 0 aliphatic heterocycles. The summed E-state index contributed by atoms with van der Waals surface area (Å²) in [5, 5.41) is 7.89. The molecule has 0 bridgehead atoms. The van der Waals surface area contributed by atoms with Gasteiger partial charge >= 0.3 is 0 Å². The van der Waals surface area contributed by atoms with Gasteiger partial charge in [0.2, 0.25) is 0 Å². The highest BCUT2D eigenvalue weighted by Crippen LogP contribution is 2.41. The Kier molecular flexibility index (Phi) is 5.13. The highest BCUT2D eigenvalue weighted by atomic mass is 19.1. The number of halogens is 1. The summed E-state index contributed by atoms with van der Waals surface area (Å²) in [6.07, 6.45) is 5.49. The van der Waals surface area contributed by atoms with Crippen LogP contribution in [0.2, 0.25) is 0 Å². The molecule has 1 saturated carbocycles. The Balaban J connectivity index is 1.48. The van der Waals surface area contributed by atoms with Crippen molar-refractivity contribution < 1.29 is 13.7 Å². The molecule has 1 aliphatic rings. The molecular weight excluding hydrogens is 445 g/mol. The first-order chi connectivity index (χ1) is 17.1. The molecule has 1 atom stereocenters. The summed E-state index contributed by atoms with van der Waals surface area (Å²) < 4.78 is 21.5.